The molecule has 2 N–H and O–H groups in total. The van der Waals surface area contributed by atoms with Crippen molar-refractivity contribution < 1.29 is 14.3 Å². The number of rotatable bonds is 4. The third-order valence-electron chi connectivity index (χ3n) is 3.85. The number of nitrogens with one attached hydrogen (secondary N) is 2. The van der Waals surface area contributed by atoms with Crippen molar-refractivity contribution in [1.82, 2.24) is 15.5 Å². The van der Waals surface area contributed by atoms with Crippen LogP contribution in [0.4, 0.5) is 0 Å². The third-order valence-corrected chi connectivity index (χ3v) is 3.85. The van der Waals surface area contributed by atoms with E-state index in [-0.39, 0.29) is 18.7 Å². The van der Waals surface area contributed by atoms with Gasteiger partial charge in [0.05, 0.1) is 12.6 Å². The van der Waals surface area contributed by atoms with Crippen molar-refractivity contribution in [2.75, 3.05) is 39.5 Å². The lowest BCUT2D eigenvalue weighted by Gasteiger charge is -2.27. The van der Waals surface area contributed by atoms with Crippen LogP contribution in [0.1, 0.15) is 18.5 Å². The molecular formula is C15H21N3O3. The third kappa shape index (κ3) is 3.46. The number of hydrogen-bond donors (Lipinski definition) is 2. The van der Waals surface area contributed by atoms with Crippen LogP contribution in [0.15, 0.2) is 18.2 Å². The molecule has 1 aromatic rings. The van der Waals surface area contributed by atoms with Gasteiger partial charge in [-0.1, -0.05) is 6.07 Å². The van der Waals surface area contributed by atoms with Crippen molar-refractivity contribution in [3.8, 4) is 11.5 Å². The van der Waals surface area contributed by atoms with E-state index in [0.717, 1.165) is 43.2 Å². The Labute approximate surface area is 124 Å². The Morgan fingerprint density at radius 3 is 2.90 bits per heavy atom. The molecular weight excluding hydrogens is 270 g/mol. The van der Waals surface area contributed by atoms with E-state index in [0.29, 0.717) is 6.54 Å². The van der Waals surface area contributed by atoms with Crippen LogP contribution in [0, 0.1) is 0 Å². The van der Waals surface area contributed by atoms with Gasteiger partial charge in [-0.3, -0.25) is 9.69 Å². The van der Waals surface area contributed by atoms with Crippen LogP contribution < -0.4 is 20.1 Å². The van der Waals surface area contributed by atoms with Gasteiger partial charge in [-0.05, 0) is 24.6 Å². The van der Waals surface area contributed by atoms with Gasteiger partial charge in [-0.25, -0.2) is 0 Å². The molecule has 0 bridgehead atoms. The summed E-state index contributed by atoms with van der Waals surface area (Å²) >= 11 is 0. The number of piperazine rings is 1. The van der Waals surface area contributed by atoms with Crippen LogP contribution in [0.2, 0.25) is 0 Å². The standard InChI is InChI=1S/C15H21N3O3/c1-11(12-2-3-13-14(8-12)21-10-20-13)17-15(19)9-18-6-4-16-5-7-18/h2-3,8,11,16H,4-7,9-10H2,1H3,(H,17,19). The average Bonchev–Trinajstić information content (AvgIpc) is 2.95. The molecule has 0 spiro atoms. The lowest BCUT2D eigenvalue weighted by Crippen LogP contribution is -2.47. The quantitative estimate of drug-likeness (QED) is 0.846. The normalized spacial score (nSPS) is 19.3. The van der Waals surface area contributed by atoms with Crippen molar-refractivity contribution in [1.29, 1.82) is 0 Å². The van der Waals surface area contributed by atoms with E-state index in [4.69, 9.17) is 9.47 Å². The maximum absolute atomic E-state index is 12.1. The predicted octanol–water partition coefficient (Wildman–Crippen LogP) is 0.498. The topological polar surface area (TPSA) is 62.8 Å². The van der Waals surface area contributed by atoms with Gasteiger partial charge in [0.25, 0.3) is 0 Å². The van der Waals surface area contributed by atoms with Crippen molar-refractivity contribution >= 4 is 5.91 Å². The van der Waals surface area contributed by atoms with E-state index in [1.165, 1.54) is 0 Å². The number of amides is 1. The number of fused-ring (bicyclic) bond motifs is 1. The van der Waals surface area contributed by atoms with E-state index in [2.05, 4.69) is 15.5 Å². The molecule has 6 nitrogen and oxygen atoms in total. The first kappa shape index (κ1) is 14.2. The largest absolute Gasteiger partial charge is 0.454 e. The number of carbonyl (C=O) groups excluding carboxylic acids is 1. The zero-order valence-corrected chi connectivity index (χ0v) is 12.2. The summed E-state index contributed by atoms with van der Waals surface area (Å²) in [5, 5.41) is 6.32. The maximum Gasteiger partial charge on any atom is 0.234 e. The van der Waals surface area contributed by atoms with Crippen LogP contribution in [0.5, 0.6) is 11.5 Å². The van der Waals surface area contributed by atoms with Crippen LogP contribution >= 0.6 is 0 Å². The molecule has 0 aromatic heterocycles. The Hall–Kier alpha value is -1.79. The van der Waals surface area contributed by atoms with Gasteiger partial charge in [-0.15, -0.1) is 0 Å². The van der Waals surface area contributed by atoms with E-state index < -0.39 is 0 Å². The highest BCUT2D eigenvalue weighted by molar-refractivity contribution is 5.78. The highest BCUT2D eigenvalue weighted by atomic mass is 16.7. The fourth-order valence-electron chi connectivity index (χ4n) is 2.63. The van der Waals surface area contributed by atoms with Gasteiger partial charge in [0.15, 0.2) is 11.5 Å². The molecule has 21 heavy (non-hydrogen) atoms. The summed E-state index contributed by atoms with van der Waals surface area (Å²) in [4.78, 5) is 14.3. The van der Waals surface area contributed by atoms with Gasteiger partial charge >= 0.3 is 0 Å². The fourth-order valence-corrected chi connectivity index (χ4v) is 2.63. The second-order valence-electron chi connectivity index (χ2n) is 5.43. The molecule has 1 fully saturated rings. The summed E-state index contributed by atoms with van der Waals surface area (Å²) in [6, 6.07) is 5.73. The first-order chi connectivity index (χ1) is 10.2. The second-order valence-corrected chi connectivity index (χ2v) is 5.43. The predicted molar refractivity (Wildman–Crippen MR) is 78.4 cm³/mol. The van der Waals surface area contributed by atoms with Crippen molar-refractivity contribution in [2.45, 2.75) is 13.0 Å². The van der Waals surface area contributed by atoms with Crippen molar-refractivity contribution in [2.24, 2.45) is 0 Å². The molecule has 0 radical (unpaired) electrons. The molecule has 1 atom stereocenters. The molecule has 1 amide bonds. The van der Waals surface area contributed by atoms with E-state index in [9.17, 15) is 4.79 Å². The van der Waals surface area contributed by atoms with Crippen molar-refractivity contribution in [3.05, 3.63) is 23.8 Å². The summed E-state index contributed by atoms with van der Waals surface area (Å²) in [6.07, 6.45) is 0. The number of carbonyl (C=O) groups is 1. The molecule has 1 saturated heterocycles. The Kier molecular flexibility index (Phi) is 4.26. The second kappa shape index (κ2) is 6.32. The minimum Gasteiger partial charge on any atom is -0.454 e. The SMILES string of the molecule is CC(NC(=O)CN1CCNCC1)c1ccc2c(c1)OCO2. The zero-order valence-electron chi connectivity index (χ0n) is 12.2. The molecule has 2 aliphatic heterocycles. The zero-order chi connectivity index (χ0) is 14.7. The Bertz CT molecular complexity index is 515. The van der Waals surface area contributed by atoms with E-state index in [1.54, 1.807) is 0 Å². The first-order valence-electron chi connectivity index (χ1n) is 7.34. The molecule has 0 aliphatic carbocycles. The molecule has 2 aliphatic rings. The summed E-state index contributed by atoms with van der Waals surface area (Å²) in [6.45, 7) is 6.44. The summed E-state index contributed by atoms with van der Waals surface area (Å²) < 4.78 is 10.7. The molecule has 6 heteroatoms. The highest BCUT2D eigenvalue weighted by Crippen LogP contribution is 2.34. The smallest absolute Gasteiger partial charge is 0.234 e. The Morgan fingerprint density at radius 1 is 1.33 bits per heavy atom. The molecule has 2 heterocycles. The number of hydrogen-bond acceptors (Lipinski definition) is 5. The monoisotopic (exact) mass is 291 g/mol. The summed E-state index contributed by atoms with van der Waals surface area (Å²) in [5.41, 5.74) is 1.02. The lowest BCUT2D eigenvalue weighted by atomic mass is 10.1. The lowest BCUT2D eigenvalue weighted by molar-refractivity contribution is -0.123. The summed E-state index contributed by atoms with van der Waals surface area (Å²) in [5.74, 6) is 1.57. The number of benzene rings is 1. The molecule has 1 aromatic carbocycles. The minimum atomic E-state index is -0.0464. The van der Waals surface area contributed by atoms with E-state index in [1.807, 2.05) is 25.1 Å². The van der Waals surface area contributed by atoms with Crippen molar-refractivity contribution in [3.63, 3.8) is 0 Å². The van der Waals surface area contributed by atoms with Crippen LogP contribution in [0.3, 0.4) is 0 Å². The Morgan fingerprint density at radius 2 is 2.10 bits per heavy atom. The summed E-state index contributed by atoms with van der Waals surface area (Å²) in [7, 11) is 0. The maximum atomic E-state index is 12.1. The molecule has 0 saturated carbocycles. The minimum absolute atomic E-state index is 0.0464. The average molecular weight is 291 g/mol. The fraction of sp³-hybridized carbons (Fsp3) is 0.533. The van der Waals surface area contributed by atoms with Gasteiger partial charge in [0.2, 0.25) is 12.7 Å². The van der Waals surface area contributed by atoms with Crippen LogP contribution in [-0.2, 0) is 4.79 Å². The van der Waals surface area contributed by atoms with Crippen LogP contribution in [0.25, 0.3) is 0 Å². The first-order valence-corrected chi connectivity index (χ1v) is 7.34. The van der Waals surface area contributed by atoms with Gasteiger partial charge in [0.1, 0.15) is 0 Å². The van der Waals surface area contributed by atoms with Gasteiger partial charge in [0, 0.05) is 26.2 Å². The Balaban J connectivity index is 1.55. The van der Waals surface area contributed by atoms with Gasteiger partial charge in [-0.2, -0.15) is 0 Å². The number of nitrogens with zero attached hydrogens (tertiary/aromatic N) is 1. The van der Waals surface area contributed by atoms with E-state index >= 15 is 0 Å². The molecule has 3 rings (SSSR count). The molecule has 114 valence electrons. The number of ether oxygens (including phenoxy) is 2. The highest BCUT2D eigenvalue weighted by Gasteiger charge is 2.18. The van der Waals surface area contributed by atoms with Gasteiger partial charge < -0.3 is 20.1 Å². The van der Waals surface area contributed by atoms with Crippen LogP contribution in [-0.4, -0.2) is 50.3 Å². The molecule has 1 unspecified atom stereocenters.